The minimum atomic E-state index is -4.50. The third kappa shape index (κ3) is 7.01. The Hall–Kier alpha value is -1.73. The fourth-order valence-electron chi connectivity index (χ4n) is 1.08. The zero-order chi connectivity index (χ0) is 16.0. The average Bonchev–Trinajstić information content (AvgIpc) is 2.75. The third-order valence-electron chi connectivity index (χ3n) is 1.74. The number of hydrogen-bond donors (Lipinski definition) is 2. The monoisotopic (exact) mass is 295 g/mol. The number of amides is 1. The maximum absolute atomic E-state index is 12.2. The molecule has 0 aliphatic rings. The summed E-state index contributed by atoms with van der Waals surface area (Å²) in [6, 6.07) is 0.831. The SMILES string of the molecule is CC.CC(C)(C)OC(=O)NCc1cc(C(F)(F)F)n[nH]1. The van der Waals surface area contributed by atoms with E-state index >= 15 is 0 Å². The molecule has 8 heteroatoms. The lowest BCUT2D eigenvalue weighted by Crippen LogP contribution is -2.32. The van der Waals surface area contributed by atoms with Crippen molar-refractivity contribution in [3.05, 3.63) is 17.5 Å². The number of aromatic nitrogens is 2. The lowest BCUT2D eigenvalue weighted by Gasteiger charge is -2.19. The molecule has 0 aliphatic carbocycles. The van der Waals surface area contributed by atoms with E-state index in [4.69, 9.17) is 4.74 Å². The molecule has 20 heavy (non-hydrogen) atoms. The van der Waals surface area contributed by atoms with Gasteiger partial charge in [0.1, 0.15) is 5.60 Å². The van der Waals surface area contributed by atoms with Crippen LogP contribution in [0.2, 0.25) is 0 Å². The second kappa shape index (κ2) is 7.16. The summed E-state index contributed by atoms with van der Waals surface area (Å²) in [4.78, 5) is 11.2. The summed E-state index contributed by atoms with van der Waals surface area (Å²) in [6.45, 7) is 8.94. The van der Waals surface area contributed by atoms with Gasteiger partial charge in [0.05, 0.1) is 12.2 Å². The minimum absolute atomic E-state index is 0.113. The first-order chi connectivity index (χ1) is 9.08. The van der Waals surface area contributed by atoms with Gasteiger partial charge in [-0.25, -0.2) is 4.79 Å². The van der Waals surface area contributed by atoms with Crippen LogP contribution in [0.15, 0.2) is 6.07 Å². The molecule has 0 aliphatic heterocycles. The summed E-state index contributed by atoms with van der Waals surface area (Å²) in [5, 5.41) is 7.61. The average molecular weight is 295 g/mol. The summed E-state index contributed by atoms with van der Waals surface area (Å²) < 4.78 is 41.6. The van der Waals surface area contributed by atoms with Gasteiger partial charge in [0.2, 0.25) is 0 Å². The highest BCUT2D eigenvalue weighted by molar-refractivity contribution is 5.67. The van der Waals surface area contributed by atoms with Gasteiger partial charge in [-0.2, -0.15) is 18.3 Å². The van der Waals surface area contributed by atoms with Crippen LogP contribution in [-0.4, -0.2) is 21.9 Å². The van der Waals surface area contributed by atoms with E-state index in [0.717, 1.165) is 6.07 Å². The molecule has 0 saturated heterocycles. The van der Waals surface area contributed by atoms with Gasteiger partial charge in [-0.3, -0.25) is 5.10 Å². The molecule has 116 valence electrons. The van der Waals surface area contributed by atoms with E-state index < -0.39 is 23.6 Å². The van der Waals surface area contributed by atoms with E-state index in [2.05, 4.69) is 15.5 Å². The molecule has 2 N–H and O–H groups in total. The van der Waals surface area contributed by atoms with Gasteiger partial charge in [0, 0.05) is 0 Å². The van der Waals surface area contributed by atoms with E-state index in [9.17, 15) is 18.0 Å². The Bertz CT molecular complexity index is 422. The van der Waals surface area contributed by atoms with Crippen LogP contribution in [0.4, 0.5) is 18.0 Å². The molecule has 5 nitrogen and oxygen atoms in total. The number of ether oxygens (including phenoxy) is 1. The molecule has 1 aromatic heterocycles. The first-order valence-electron chi connectivity index (χ1n) is 6.16. The Labute approximate surface area is 115 Å². The smallest absolute Gasteiger partial charge is 0.435 e. The van der Waals surface area contributed by atoms with Crippen molar-refractivity contribution in [3.8, 4) is 0 Å². The molecule has 0 atom stereocenters. The summed E-state index contributed by atoms with van der Waals surface area (Å²) in [5.41, 5.74) is -1.54. The van der Waals surface area contributed by atoms with Gasteiger partial charge >= 0.3 is 12.3 Å². The number of alkyl halides is 3. The first kappa shape index (κ1) is 18.3. The van der Waals surface area contributed by atoms with Crippen molar-refractivity contribution in [2.24, 2.45) is 0 Å². The van der Waals surface area contributed by atoms with Crippen LogP contribution in [0, 0.1) is 0 Å². The number of H-pyrrole nitrogens is 1. The molecule has 0 radical (unpaired) electrons. The summed E-state index contributed by atoms with van der Waals surface area (Å²) in [5.74, 6) is 0. The van der Waals surface area contributed by atoms with Crippen molar-refractivity contribution >= 4 is 6.09 Å². The number of rotatable bonds is 2. The van der Waals surface area contributed by atoms with Crippen LogP contribution in [-0.2, 0) is 17.5 Å². The molecule has 0 fully saturated rings. The highest BCUT2D eigenvalue weighted by Crippen LogP contribution is 2.27. The molecule has 0 spiro atoms. The molecular weight excluding hydrogens is 275 g/mol. The van der Waals surface area contributed by atoms with Crippen LogP contribution in [0.1, 0.15) is 46.0 Å². The summed E-state index contributed by atoms with van der Waals surface area (Å²) in [6.07, 6.45) is -5.20. The highest BCUT2D eigenvalue weighted by atomic mass is 19.4. The van der Waals surface area contributed by atoms with E-state index in [1.165, 1.54) is 0 Å². The van der Waals surface area contributed by atoms with Crippen molar-refractivity contribution < 1.29 is 22.7 Å². The molecule has 0 bridgehead atoms. The largest absolute Gasteiger partial charge is 0.444 e. The predicted molar refractivity (Wildman–Crippen MR) is 68.0 cm³/mol. The molecular formula is C12H20F3N3O2. The van der Waals surface area contributed by atoms with Crippen molar-refractivity contribution in [2.45, 2.75) is 52.9 Å². The van der Waals surface area contributed by atoms with Gasteiger partial charge in [-0.1, -0.05) is 13.8 Å². The second-order valence-electron chi connectivity index (χ2n) is 4.63. The van der Waals surface area contributed by atoms with Gasteiger partial charge in [-0.15, -0.1) is 0 Å². The van der Waals surface area contributed by atoms with E-state index in [1.807, 2.05) is 13.8 Å². The van der Waals surface area contributed by atoms with Crippen LogP contribution in [0.3, 0.4) is 0 Å². The fraction of sp³-hybridized carbons (Fsp3) is 0.667. The topological polar surface area (TPSA) is 67.0 Å². The predicted octanol–water partition coefficient (Wildman–Crippen LogP) is 3.48. The second-order valence-corrected chi connectivity index (χ2v) is 4.63. The lowest BCUT2D eigenvalue weighted by molar-refractivity contribution is -0.141. The number of alkyl carbamates (subject to hydrolysis) is 1. The van der Waals surface area contributed by atoms with E-state index in [0.29, 0.717) is 0 Å². The molecule has 0 saturated carbocycles. The Morgan fingerprint density at radius 3 is 2.30 bits per heavy atom. The number of nitrogens with zero attached hydrogens (tertiary/aromatic N) is 1. The quantitative estimate of drug-likeness (QED) is 0.877. The van der Waals surface area contributed by atoms with Crippen molar-refractivity contribution in [2.75, 3.05) is 0 Å². The molecule has 1 heterocycles. The Balaban J connectivity index is 0.00000172. The van der Waals surface area contributed by atoms with Gasteiger partial charge in [0.25, 0.3) is 0 Å². The normalized spacial score (nSPS) is 11.4. The summed E-state index contributed by atoms with van der Waals surface area (Å²) >= 11 is 0. The minimum Gasteiger partial charge on any atom is -0.444 e. The molecule has 0 unspecified atom stereocenters. The van der Waals surface area contributed by atoms with Crippen LogP contribution in [0.25, 0.3) is 0 Å². The van der Waals surface area contributed by atoms with Crippen molar-refractivity contribution in [3.63, 3.8) is 0 Å². The number of carbonyl (C=O) groups is 1. The standard InChI is InChI=1S/C10H14F3N3O2.C2H6/c1-9(2,3)18-8(17)14-5-6-4-7(16-15-6)10(11,12)13;1-2/h4H,5H2,1-3H3,(H,14,17)(H,15,16);1-2H3. The van der Waals surface area contributed by atoms with Crippen LogP contribution in [0.5, 0.6) is 0 Å². The Morgan fingerprint density at radius 2 is 1.90 bits per heavy atom. The lowest BCUT2D eigenvalue weighted by atomic mass is 10.2. The van der Waals surface area contributed by atoms with E-state index in [-0.39, 0.29) is 12.2 Å². The van der Waals surface area contributed by atoms with Gasteiger partial charge in [-0.05, 0) is 26.8 Å². The third-order valence-corrected chi connectivity index (χ3v) is 1.74. The van der Waals surface area contributed by atoms with Crippen LogP contribution >= 0.6 is 0 Å². The number of carbonyl (C=O) groups excluding carboxylic acids is 1. The maximum Gasteiger partial charge on any atom is 0.435 e. The van der Waals surface area contributed by atoms with Gasteiger partial charge in [0.15, 0.2) is 5.69 Å². The number of hydrogen-bond acceptors (Lipinski definition) is 3. The Kier molecular flexibility index (Phi) is 6.54. The first-order valence-corrected chi connectivity index (χ1v) is 6.16. The van der Waals surface area contributed by atoms with Gasteiger partial charge < -0.3 is 10.1 Å². The maximum atomic E-state index is 12.2. The van der Waals surface area contributed by atoms with Crippen molar-refractivity contribution in [1.29, 1.82) is 0 Å². The molecule has 0 aromatic carbocycles. The number of nitrogens with one attached hydrogen (secondary N) is 2. The number of aromatic amines is 1. The zero-order valence-corrected chi connectivity index (χ0v) is 12.2. The Morgan fingerprint density at radius 1 is 1.35 bits per heavy atom. The van der Waals surface area contributed by atoms with Crippen LogP contribution < -0.4 is 5.32 Å². The molecule has 1 aromatic rings. The molecule has 1 amide bonds. The zero-order valence-electron chi connectivity index (χ0n) is 12.2. The summed E-state index contributed by atoms with van der Waals surface area (Å²) in [7, 11) is 0. The van der Waals surface area contributed by atoms with Crippen molar-refractivity contribution in [1.82, 2.24) is 15.5 Å². The van der Waals surface area contributed by atoms with E-state index in [1.54, 1.807) is 20.8 Å². The fourth-order valence-corrected chi connectivity index (χ4v) is 1.08. The molecule has 1 rings (SSSR count). The highest BCUT2D eigenvalue weighted by Gasteiger charge is 2.33. The number of halogens is 3.